The highest BCUT2D eigenvalue weighted by molar-refractivity contribution is 6.32. The lowest BCUT2D eigenvalue weighted by Crippen LogP contribution is -2.33. The van der Waals surface area contributed by atoms with Gasteiger partial charge in [-0.3, -0.25) is 0 Å². The molecule has 1 aromatic carbocycles. The number of benzene rings is 1. The maximum absolute atomic E-state index is 11.6. The molecule has 0 aliphatic rings. The minimum absolute atomic E-state index is 0.352. The molecule has 2 aromatic rings. The first-order valence-electron chi connectivity index (χ1n) is 8.06. The molecule has 1 amide bonds. The molecule has 0 aliphatic heterocycles. The van der Waals surface area contributed by atoms with Crippen LogP contribution < -0.4 is 10.1 Å². The predicted molar refractivity (Wildman–Crippen MR) is 98.4 cm³/mol. The Hall–Kier alpha value is -2.78. The number of ether oxygens (including phenoxy) is 2. The zero-order valence-electron chi connectivity index (χ0n) is 14.9. The Bertz CT molecular complexity index is 808. The molecule has 1 heterocycles. The van der Waals surface area contributed by atoms with Gasteiger partial charge in [-0.25, -0.2) is 9.78 Å². The van der Waals surface area contributed by atoms with Gasteiger partial charge in [-0.05, 0) is 51.0 Å². The van der Waals surface area contributed by atoms with Gasteiger partial charge in [-0.2, -0.15) is 5.26 Å². The summed E-state index contributed by atoms with van der Waals surface area (Å²) in [5.41, 5.74) is 0.883. The van der Waals surface area contributed by atoms with Gasteiger partial charge < -0.3 is 14.8 Å². The largest absolute Gasteiger partial charge is 0.444 e. The summed E-state index contributed by atoms with van der Waals surface area (Å²) in [7, 11) is 0. The van der Waals surface area contributed by atoms with Gasteiger partial charge in [0.2, 0.25) is 5.88 Å². The van der Waals surface area contributed by atoms with Gasteiger partial charge in [0.1, 0.15) is 17.4 Å². The average Bonchev–Trinajstić information content (AvgIpc) is 2.56. The number of nitriles is 1. The Morgan fingerprint density at radius 3 is 2.65 bits per heavy atom. The van der Waals surface area contributed by atoms with Crippen LogP contribution in [0, 0.1) is 11.3 Å². The number of rotatable bonds is 5. The number of aromatic nitrogens is 1. The summed E-state index contributed by atoms with van der Waals surface area (Å²) in [6.07, 6.45) is 1.59. The molecule has 0 aliphatic carbocycles. The first-order chi connectivity index (χ1) is 12.3. The van der Waals surface area contributed by atoms with Crippen LogP contribution in [-0.2, 0) is 11.2 Å². The third-order valence-corrected chi connectivity index (χ3v) is 3.45. The van der Waals surface area contributed by atoms with Crippen LogP contribution in [0.5, 0.6) is 11.6 Å². The average molecular weight is 374 g/mol. The fourth-order valence-corrected chi connectivity index (χ4v) is 2.27. The number of carbonyl (C=O) groups is 1. The highest BCUT2D eigenvalue weighted by Crippen LogP contribution is 2.29. The van der Waals surface area contributed by atoms with E-state index in [0.717, 1.165) is 5.56 Å². The van der Waals surface area contributed by atoms with Crippen LogP contribution in [0.1, 0.15) is 31.9 Å². The molecule has 0 atom stereocenters. The number of alkyl carbamates (subject to hydrolysis) is 1. The Kier molecular flexibility index (Phi) is 6.42. The highest BCUT2D eigenvalue weighted by Gasteiger charge is 2.15. The zero-order chi connectivity index (χ0) is 19.2. The van der Waals surface area contributed by atoms with E-state index in [2.05, 4.69) is 10.3 Å². The third-order valence-electron chi connectivity index (χ3n) is 3.16. The first kappa shape index (κ1) is 19.5. The van der Waals surface area contributed by atoms with Crippen molar-refractivity contribution in [1.29, 1.82) is 5.26 Å². The number of halogens is 1. The minimum atomic E-state index is -0.522. The van der Waals surface area contributed by atoms with Crippen molar-refractivity contribution in [2.45, 2.75) is 32.8 Å². The van der Waals surface area contributed by atoms with Crippen LogP contribution in [0.4, 0.5) is 4.79 Å². The Morgan fingerprint density at radius 2 is 2.08 bits per heavy atom. The van der Waals surface area contributed by atoms with Crippen LogP contribution in [0.2, 0.25) is 5.02 Å². The quantitative estimate of drug-likeness (QED) is 0.836. The second-order valence-electron chi connectivity index (χ2n) is 6.54. The molecule has 1 N–H and O–H groups in total. The summed E-state index contributed by atoms with van der Waals surface area (Å²) >= 11 is 6.25. The van der Waals surface area contributed by atoms with Crippen molar-refractivity contribution in [2.75, 3.05) is 6.54 Å². The second-order valence-corrected chi connectivity index (χ2v) is 6.95. The van der Waals surface area contributed by atoms with E-state index in [4.69, 9.17) is 26.3 Å². The summed E-state index contributed by atoms with van der Waals surface area (Å²) in [6, 6.07) is 10.6. The fraction of sp³-hybridized carbons (Fsp3) is 0.316. The molecule has 0 spiro atoms. The van der Waals surface area contributed by atoms with Gasteiger partial charge in [-0.15, -0.1) is 0 Å². The molecular weight excluding hydrogens is 354 g/mol. The predicted octanol–water partition coefficient (Wildman–Crippen LogP) is 4.47. The minimum Gasteiger partial charge on any atom is -0.444 e. The molecule has 26 heavy (non-hydrogen) atoms. The van der Waals surface area contributed by atoms with E-state index in [9.17, 15) is 4.79 Å². The molecule has 1 aromatic heterocycles. The standard InChI is InChI=1S/C19H20ClN3O3/c1-19(2,3)26-18(24)22-9-8-13-4-6-16(15(20)10-13)25-17-7-5-14(11-21)12-23-17/h4-7,10,12H,8-9H2,1-3H3,(H,22,24). The van der Waals surface area contributed by atoms with Crippen LogP contribution in [0.3, 0.4) is 0 Å². The lowest BCUT2D eigenvalue weighted by atomic mass is 10.1. The Balaban J connectivity index is 1.90. The van der Waals surface area contributed by atoms with Gasteiger partial charge in [0, 0.05) is 18.8 Å². The normalized spacial score (nSPS) is 10.7. The molecule has 0 saturated heterocycles. The summed E-state index contributed by atoms with van der Waals surface area (Å²) in [5.74, 6) is 0.818. The zero-order valence-corrected chi connectivity index (χ0v) is 15.6. The van der Waals surface area contributed by atoms with Crippen LogP contribution in [0.25, 0.3) is 0 Å². The number of carbonyl (C=O) groups excluding carboxylic acids is 1. The smallest absolute Gasteiger partial charge is 0.407 e. The van der Waals surface area contributed by atoms with E-state index < -0.39 is 11.7 Å². The molecule has 0 unspecified atom stereocenters. The lowest BCUT2D eigenvalue weighted by molar-refractivity contribution is 0.0528. The second kappa shape index (κ2) is 8.54. The number of hydrogen-bond acceptors (Lipinski definition) is 5. The summed E-state index contributed by atoms with van der Waals surface area (Å²) in [6.45, 7) is 5.87. The summed E-state index contributed by atoms with van der Waals surface area (Å²) in [5, 5.41) is 11.9. The van der Waals surface area contributed by atoms with Crippen molar-refractivity contribution in [2.24, 2.45) is 0 Å². The SMILES string of the molecule is CC(C)(C)OC(=O)NCCc1ccc(Oc2ccc(C#N)cn2)c(Cl)c1. The van der Waals surface area contributed by atoms with E-state index in [1.807, 2.05) is 32.9 Å². The Morgan fingerprint density at radius 1 is 1.31 bits per heavy atom. The third kappa shape index (κ3) is 6.26. The van der Waals surface area contributed by atoms with Gasteiger partial charge in [0.25, 0.3) is 0 Å². The first-order valence-corrected chi connectivity index (χ1v) is 8.44. The van der Waals surface area contributed by atoms with Crippen molar-refractivity contribution in [3.8, 4) is 17.7 Å². The van der Waals surface area contributed by atoms with E-state index in [1.54, 1.807) is 24.3 Å². The van der Waals surface area contributed by atoms with Crippen molar-refractivity contribution in [3.63, 3.8) is 0 Å². The maximum atomic E-state index is 11.6. The van der Waals surface area contributed by atoms with Crippen LogP contribution >= 0.6 is 11.6 Å². The molecule has 136 valence electrons. The van der Waals surface area contributed by atoms with Gasteiger partial charge in [-0.1, -0.05) is 17.7 Å². The van der Waals surface area contributed by atoms with Crippen LogP contribution in [0.15, 0.2) is 36.5 Å². The van der Waals surface area contributed by atoms with Crippen molar-refractivity contribution in [1.82, 2.24) is 10.3 Å². The van der Waals surface area contributed by atoms with Crippen LogP contribution in [-0.4, -0.2) is 23.2 Å². The fourth-order valence-electron chi connectivity index (χ4n) is 2.03. The van der Waals surface area contributed by atoms with Gasteiger partial charge in [0.15, 0.2) is 0 Å². The van der Waals surface area contributed by atoms with E-state index in [0.29, 0.717) is 35.2 Å². The maximum Gasteiger partial charge on any atom is 0.407 e. The topological polar surface area (TPSA) is 84.2 Å². The molecular formula is C19H20ClN3O3. The monoisotopic (exact) mass is 373 g/mol. The highest BCUT2D eigenvalue weighted by atomic mass is 35.5. The number of hydrogen-bond donors (Lipinski definition) is 1. The van der Waals surface area contributed by atoms with Crippen molar-refractivity contribution >= 4 is 17.7 Å². The van der Waals surface area contributed by atoms with E-state index >= 15 is 0 Å². The van der Waals surface area contributed by atoms with Crippen molar-refractivity contribution < 1.29 is 14.3 Å². The van der Waals surface area contributed by atoms with Gasteiger partial charge >= 0.3 is 6.09 Å². The summed E-state index contributed by atoms with van der Waals surface area (Å²) < 4.78 is 10.8. The van der Waals surface area contributed by atoms with Crippen molar-refractivity contribution in [3.05, 3.63) is 52.7 Å². The van der Waals surface area contributed by atoms with E-state index in [1.165, 1.54) is 6.20 Å². The molecule has 0 saturated carbocycles. The number of amides is 1. The number of pyridine rings is 1. The number of nitrogens with zero attached hydrogens (tertiary/aromatic N) is 2. The van der Waals surface area contributed by atoms with Gasteiger partial charge in [0.05, 0.1) is 10.6 Å². The molecule has 6 nitrogen and oxygen atoms in total. The molecule has 0 bridgehead atoms. The molecule has 7 heteroatoms. The molecule has 0 radical (unpaired) electrons. The molecule has 0 fully saturated rings. The Labute approximate surface area is 157 Å². The summed E-state index contributed by atoms with van der Waals surface area (Å²) in [4.78, 5) is 15.7. The van der Waals surface area contributed by atoms with E-state index in [-0.39, 0.29) is 0 Å². The molecule has 2 rings (SSSR count). The number of nitrogens with one attached hydrogen (secondary N) is 1. The lowest BCUT2D eigenvalue weighted by Gasteiger charge is -2.19.